The summed E-state index contributed by atoms with van der Waals surface area (Å²) in [6, 6.07) is 13.9. The summed E-state index contributed by atoms with van der Waals surface area (Å²) in [5, 5.41) is 0.636. The normalized spacial score (nSPS) is 11.0. The minimum absolute atomic E-state index is 0.290. The molecule has 0 atom stereocenters. The van der Waals surface area contributed by atoms with Gasteiger partial charge >= 0.3 is 0 Å². The molecule has 4 rings (SSSR count). The predicted molar refractivity (Wildman–Crippen MR) is 88.8 cm³/mol. The molecule has 0 aliphatic rings. The largest absolute Gasteiger partial charge is 0.300 e. The van der Waals surface area contributed by atoms with Gasteiger partial charge in [-0.3, -0.25) is 9.38 Å². The maximum atomic E-state index is 14.0. The molecule has 3 nitrogen and oxygen atoms in total. The Labute approximate surface area is 137 Å². The van der Waals surface area contributed by atoms with Gasteiger partial charge in [-0.2, -0.15) is 0 Å². The highest BCUT2D eigenvalue weighted by Crippen LogP contribution is 2.27. The highest BCUT2D eigenvalue weighted by molar-refractivity contribution is 6.30. The molecule has 0 fully saturated rings. The molecular weight excluding hydrogens is 313 g/mol. The second kappa shape index (κ2) is 5.48. The molecule has 0 spiro atoms. The molecular formula is C18H11ClFN3. The molecule has 0 radical (unpaired) electrons. The second-order valence-electron chi connectivity index (χ2n) is 5.13. The van der Waals surface area contributed by atoms with Crippen molar-refractivity contribution in [2.45, 2.75) is 0 Å². The zero-order chi connectivity index (χ0) is 15.8. The van der Waals surface area contributed by atoms with Gasteiger partial charge in [-0.05, 0) is 30.3 Å². The van der Waals surface area contributed by atoms with E-state index in [-0.39, 0.29) is 5.82 Å². The standard InChI is InChI=1S/C18H11ClFN3/c19-13-6-8-23-17(11-22-18(23)10-13)12-5-7-21-16(9-12)14-3-1-2-4-15(14)20/h1-11H. The molecule has 112 valence electrons. The first-order valence-corrected chi connectivity index (χ1v) is 7.44. The van der Waals surface area contributed by atoms with Crippen molar-refractivity contribution in [3.05, 3.63) is 78.0 Å². The average molecular weight is 324 g/mol. The minimum atomic E-state index is -0.290. The lowest BCUT2D eigenvalue weighted by Gasteiger charge is -2.06. The van der Waals surface area contributed by atoms with E-state index < -0.39 is 0 Å². The molecule has 0 bridgehead atoms. The van der Waals surface area contributed by atoms with E-state index in [1.54, 1.807) is 42.7 Å². The Balaban J connectivity index is 1.86. The first-order chi connectivity index (χ1) is 11.2. The van der Waals surface area contributed by atoms with Gasteiger partial charge < -0.3 is 0 Å². The number of benzene rings is 1. The van der Waals surface area contributed by atoms with Crippen LogP contribution < -0.4 is 0 Å². The van der Waals surface area contributed by atoms with Gasteiger partial charge in [0, 0.05) is 34.6 Å². The molecule has 5 heteroatoms. The summed E-state index contributed by atoms with van der Waals surface area (Å²) in [4.78, 5) is 8.64. The predicted octanol–water partition coefficient (Wildman–Crippen LogP) is 4.86. The fourth-order valence-electron chi connectivity index (χ4n) is 2.58. The molecule has 23 heavy (non-hydrogen) atoms. The van der Waals surface area contributed by atoms with E-state index >= 15 is 0 Å². The molecule has 0 aliphatic heterocycles. The summed E-state index contributed by atoms with van der Waals surface area (Å²) in [5.74, 6) is -0.290. The van der Waals surface area contributed by atoms with E-state index in [1.807, 2.05) is 22.7 Å². The highest BCUT2D eigenvalue weighted by Gasteiger charge is 2.10. The molecule has 0 saturated carbocycles. The Morgan fingerprint density at radius 1 is 1.00 bits per heavy atom. The quantitative estimate of drug-likeness (QED) is 0.527. The smallest absolute Gasteiger partial charge is 0.138 e. The van der Waals surface area contributed by atoms with Crippen LogP contribution in [0, 0.1) is 5.82 Å². The van der Waals surface area contributed by atoms with Crippen LogP contribution in [0.15, 0.2) is 67.1 Å². The van der Waals surface area contributed by atoms with Gasteiger partial charge in [-0.25, -0.2) is 9.37 Å². The van der Waals surface area contributed by atoms with E-state index in [0.29, 0.717) is 16.3 Å². The van der Waals surface area contributed by atoms with E-state index in [9.17, 15) is 4.39 Å². The third-order valence-electron chi connectivity index (χ3n) is 3.68. The van der Waals surface area contributed by atoms with Gasteiger partial charge in [0.15, 0.2) is 0 Å². The van der Waals surface area contributed by atoms with Crippen molar-refractivity contribution in [2.24, 2.45) is 0 Å². The average Bonchev–Trinajstić information content (AvgIpc) is 2.98. The topological polar surface area (TPSA) is 30.2 Å². The molecule has 0 N–H and O–H groups in total. The lowest BCUT2D eigenvalue weighted by molar-refractivity contribution is 0.631. The zero-order valence-corrected chi connectivity index (χ0v) is 12.7. The number of imidazole rings is 1. The van der Waals surface area contributed by atoms with Crippen LogP contribution in [0.1, 0.15) is 0 Å². The van der Waals surface area contributed by atoms with E-state index in [2.05, 4.69) is 9.97 Å². The molecule has 0 unspecified atom stereocenters. The fraction of sp³-hybridized carbons (Fsp3) is 0. The third kappa shape index (κ3) is 2.47. The first-order valence-electron chi connectivity index (χ1n) is 7.06. The van der Waals surface area contributed by atoms with Crippen LogP contribution in [-0.4, -0.2) is 14.4 Å². The van der Waals surface area contributed by atoms with Crippen LogP contribution in [0.5, 0.6) is 0 Å². The summed E-state index contributed by atoms with van der Waals surface area (Å²) >= 11 is 5.99. The van der Waals surface area contributed by atoms with Crippen molar-refractivity contribution in [1.29, 1.82) is 0 Å². The number of hydrogen-bond donors (Lipinski definition) is 0. The molecule has 3 heterocycles. The van der Waals surface area contributed by atoms with Gasteiger partial charge in [-0.1, -0.05) is 23.7 Å². The lowest BCUT2D eigenvalue weighted by Crippen LogP contribution is -1.91. The third-order valence-corrected chi connectivity index (χ3v) is 3.92. The maximum Gasteiger partial charge on any atom is 0.138 e. The molecule has 0 amide bonds. The monoisotopic (exact) mass is 323 g/mol. The number of halogens is 2. The van der Waals surface area contributed by atoms with Crippen LogP contribution >= 0.6 is 11.6 Å². The Kier molecular flexibility index (Phi) is 3.32. The van der Waals surface area contributed by atoms with Gasteiger partial charge in [0.25, 0.3) is 0 Å². The molecule has 3 aromatic heterocycles. The Bertz CT molecular complexity index is 1010. The zero-order valence-electron chi connectivity index (χ0n) is 11.9. The van der Waals surface area contributed by atoms with Crippen LogP contribution in [0.25, 0.3) is 28.2 Å². The Morgan fingerprint density at radius 3 is 2.74 bits per heavy atom. The number of hydrogen-bond acceptors (Lipinski definition) is 2. The van der Waals surface area contributed by atoms with Crippen LogP contribution in [0.2, 0.25) is 5.02 Å². The van der Waals surface area contributed by atoms with Crippen LogP contribution in [0.3, 0.4) is 0 Å². The molecule has 0 saturated heterocycles. The van der Waals surface area contributed by atoms with Crippen LogP contribution in [0.4, 0.5) is 4.39 Å². The van der Waals surface area contributed by atoms with Crippen molar-refractivity contribution < 1.29 is 4.39 Å². The van der Waals surface area contributed by atoms with Crippen molar-refractivity contribution >= 4 is 17.2 Å². The molecule has 1 aromatic carbocycles. The maximum absolute atomic E-state index is 14.0. The van der Waals surface area contributed by atoms with E-state index in [0.717, 1.165) is 16.9 Å². The fourth-order valence-corrected chi connectivity index (χ4v) is 2.73. The number of aromatic nitrogens is 3. The highest BCUT2D eigenvalue weighted by atomic mass is 35.5. The number of nitrogens with zero attached hydrogens (tertiary/aromatic N) is 3. The summed E-state index contributed by atoms with van der Waals surface area (Å²) in [5.41, 5.74) is 3.64. The lowest BCUT2D eigenvalue weighted by atomic mass is 10.1. The SMILES string of the molecule is Fc1ccccc1-c1cc(-c2cnc3cc(Cl)ccn23)ccn1. The van der Waals surface area contributed by atoms with Crippen molar-refractivity contribution in [1.82, 2.24) is 14.4 Å². The van der Waals surface area contributed by atoms with E-state index in [4.69, 9.17) is 11.6 Å². The summed E-state index contributed by atoms with van der Waals surface area (Å²) < 4.78 is 15.9. The van der Waals surface area contributed by atoms with Crippen molar-refractivity contribution in [3.63, 3.8) is 0 Å². The molecule has 0 aliphatic carbocycles. The van der Waals surface area contributed by atoms with Gasteiger partial charge in [0.2, 0.25) is 0 Å². The van der Waals surface area contributed by atoms with Gasteiger partial charge in [-0.15, -0.1) is 0 Å². The summed E-state index contributed by atoms with van der Waals surface area (Å²) in [6.07, 6.45) is 5.31. The van der Waals surface area contributed by atoms with Gasteiger partial charge in [0.1, 0.15) is 11.5 Å². The summed E-state index contributed by atoms with van der Waals surface area (Å²) in [6.45, 7) is 0. The van der Waals surface area contributed by atoms with Crippen LogP contribution in [-0.2, 0) is 0 Å². The van der Waals surface area contributed by atoms with Crippen molar-refractivity contribution in [2.75, 3.05) is 0 Å². The summed E-state index contributed by atoms with van der Waals surface area (Å²) in [7, 11) is 0. The van der Waals surface area contributed by atoms with Crippen molar-refractivity contribution in [3.8, 4) is 22.5 Å². The Morgan fingerprint density at radius 2 is 1.87 bits per heavy atom. The molecule has 4 aromatic rings. The second-order valence-corrected chi connectivity index (χ2v) is 5.56. The Hall–Kier alpha value is -2.72. The minimum Gasteiger partial charge on any atom is -0.300 e. The van der Waals surface area contributed by atoms with E-state index in [1.165, 1.54) is 6.07 Å². The number of rotatable bonds is 2. The number of fused-ring (bicyclic) bond motifs is 1. The van der Waals surface area contributed by atoms with Gasteiger partial charge in [0.05, 0.1) is 17.6 Å². The number of pyridine rings is 2. The first kappa shape index (κ1) is 13.9.